The van der Waals surface area contributed by atoms with E-state index in [1.165, 1.54) is 17.7 Å². The number of fused-ring (bicyclic) bond motifs is 3. The number of hydrogen-bond acceptors (Lipinski definition) is 15. The Morgan fingerprint density at radius 2 is 1.78 bits per heavy atom. The minimum Gasteiger partial charge on any atom is -0.491 e. The average Bonchev–Trinajstić information content (AvgIpc) is 4.03. The molecule has 1 aliphatic carbocycles. The molecule has 5 fully saturated rings. The number of amides is 1. The van der Waals surface area contributed by atoms with Crippen LogP contribution in [0.1, 0.15) is 87.2 Å². The number of rotatable bonds is 13. The zero-order valence-electron chi connectivity index (χ0n) is 40.9. The van der Waals surface area contributed by atoms with Crippen molar-refractivity contribution >= 4 is 55.4 Å². The third-order valence-electron chi connectivity index (χ3n) is 15.7. The van der Waals surface area contributed by atoms with Crippen molar-refractivity contribution in [2.24, 2.45) is 11.3 Å². The number of pyridine rings is 1. The molecule has 0 bridgehead atoms. The van der Waals surface area contributed by atoms with E-state index in [9.17, 15) is 23.3 Å². The van der Waals surface area contributed by atoms with Crippen molar-refractivity contribution in [2.45, 2.75) is 100 Å². The van der Waals surface area contributed by atoms with Crippen LogP contribution in [0.3, 0.4) is 0 Å². The third kappa shape index (κ3) is 9.68. The minimum atomic E-state index is -4.62. The summed E-state index contributed by atoms with van der Waals surface area (Å²) < 4.78 is 61.1. The zero-order valence-corrected chi connectivity index (χ0v) is 41.7. The second-order valence-electron chi connectivity index (χ2n) is 20.6. The van der Waals surface area contributed by atoms with E-state index in [0.29, 0.717) is 81.6 Å². The topological polar surface area (TPSA) is 203 Å². The molecule has 1 amide bonds. The monoisotopic (exact) mass is 1000 g/mol. The van der Waals surface area contributed by atoms with Crippen molar-refractivity contribution in [3.63, 3.8) is 0 Å². The third-order valence-corrected chi connectivity index (χ3v) is 17.0. The molecule has 1 spiro atoms. The lowest BCUT2D eigenvalue weighted by Crippen LogP contribution is -2.53. The molecule has 1 unspecified atom stereocenters. The lowest BCUT2D eigenvalue weighted by molar-refractivity contribution is -0.384. The Labute approximate surface area is 419 Å². The Morgan fingerprint density at radius 1 is 0.944 bits per heavy atom. The predicted octanol–water partition coefficient (Wildman–Crippen LogP) is 8.12. The number of nitro benzene ring substituents is 1. The van der Waals surface area contributed by atoms with Crippen LogP contribution in [0.2, 0.25) is 0 Å². The standard InChI is InChI=1S/C53H64N8O10S/c1-34(2)70-48-7-4-3-6-40(48)47-31-69-25-21-59(47)38-12-18-53(29-38)17-5-20-58(33-53)37-8-10-41(44(27-37)60-43-16-24-68-32-49(43)71-52-46(60)26-36-13-19-54-50(36)56-52)51(62)57-72(65,66)39-9-11-42(45(28-39)61(63)64)55-30-35-14-22-67-23-15-35/h3-4,6-11,13,19,26-28,34-35,38,43,47,49,55H,5,12,14-18,20-25,29-33H2,1-2H3,(H,54,56)(H,57,62)/t38-,43-,47-,49-,53?/m0/s1. The summed E-state index contributed by atoms with van der Waals surface area (Å²) in [7, 11) is -4.62. The summed E-state index contributed by atoms with van der Waals surface area (Å²) in [5.41, 5.74) is 3.85. The molecule has 5 aromatic rings. The maximum atomic E-state index is 14.8. The first-order valence-corrected chi connectivity index (χ1v) is 27.1. The van der Waals surface area contributed by atoms with E-state index in [0.717, 1.165) is 87.5 Å². The number of benzene rings is 3. The Balaban J connectivity index is 0.911. The van der Waals surface area contributed by atoms with Crippen molar-refractivity contribution in [2.75, 3.05) is 80.9 Å². The SMILES string of the molecule is CC(C)Oc1ccccc1[C@@H]1COCCN1[C@H]1CCC2(CCCN(c3ccc(C(=O)NS(=O)(=O)c4ccc(NCC5CCOCC5)c([N+](=O)[O-])c4)c(N4c5cc6cc[nH]c6nc5O[C@H]5COCC[C@@H]54)c3)C2)C1. The van der Waals surface area contributed by atoms with Gasteiger partial charge in [-0.25, -0.2) is 13.1 Å². The number of sulfonamides is 1. The number of nitrogens with one attached hydrogen (secondary N) is 3. The second kappa shape index (κ2) is 20.1. The van der Waals surface area contributed by atoms with Gasteiger partial charge in [0.25, 0.3) is 21.6 Å². The molecule has 5 aliphatic heterocycles. The fraction of sp³-hybridized carbons (Fsp3) is 0.509. The molecule has 19 heteroatoms. The number of carbonyl (C=O) groups excluding carboxylic acids is 1. The van der Waals surface area contributed by atoms with Gasteiger partial charge in [-0.15, -0.1) is 0 Å². The summed E-state index contributed by atoms with van der Waals surface area (Å²) in [5, 5.41) is 16.3. The Hall–Kier alpha value is -5.99. The maximum absolute atomic E-state index is 14.8. The van der Waals surface area contributed by atoms with Gasteiger partial charge in [-0.1, -0.05) is 18.2 Å². The highest BCUT2D eigenvalue weighted by Gasteiger charge is 2.47. The number of piperidine rings is 1. The van der Waals surface area contributed by atoms with Crippen LogP contribution in [0.5, 0.6) is 11.6 Å². The number of morpholine rings is 1. The number of anilines is 4. The Bertz CT molecular complexity index is 2930. The number of H-pyrrole nitrogens is 1. The summed E-state index contributed by atoms with van der Waals surface area (Å²) in [4.78, 5) is 41.4. The van der Waals surface area contributed by atoms with Crippen LogP contribution in [0.25, 0.3) is 11.0 Å². The fourth-order valence-electron chi connectivity index (χ4n) is 12.2. The van der Waals surface area contributed by atoms with Crippen molar-refractivity contribution in [1.29, 1.82) is 0 Å². The maximum Gasteiger partial charge on any atom is 0.293 e. The van der Waals surface area contributed by atoms with Gasteiger partial charge < -0.3 is 43.8 Å². The molecule has 18 nitrogen and oxygen atoms in total. The predicted molar refractivity (Wildman–Crippen MR) is 272 cm³/mol. The number of nitro groups is 1. The number of aromatic amines is 1. The van der Waals surface area contributed by atoms with E-state index >= 15 is 0 Å². The van der Waals surface area contributed by atoms with Crippen molar-refractivity contribution in [3.8, 4) is 11.6 Å². The summed E-state index contributed by atoms with van der Waals surface area (Å²) in [5.74, 6) is 0.668. The molecule has 11 rings (SSSR count). The van der Waals surface area contributed by atoms with Gasteiger partial charge in [-0.2, -0.15) is 4.98 Å². The molecule has 382 valence electrons. The van der Waals surface area contributed by atoms with Gasteiger partial charge in [0.05, 0.1) is 59.1 Å². The summed E-state index contributed by atoms with van der Waals surface area (Å²) in [6, 6.07) is 21.8. The quantitative estimate of drug-likeness (QED) is 0.0753. The lowest BCUT2D eigenvalue weighted by Gasteiger charge is -2.46. The van der Waals surface area contributed by atoms with Gasteiger partial charge in [0.1, 0.15) is 28.9 Å². The molecule has 72 heavy (non-hydrogen) atoms. The summed E-state index contributed by atoms with van der Waals surface area (Å²) in [6.07, 6.45) is 8.94. The van der Waals surface area contributed by atoms with Gasteiger partial charge in [0, 0.05) is 80.9 Å². The highest BCUT2D eigenvalue weighted by Crippen LogP contribution is 2.51. The van der Waals surface area contributed by atoms with E-state index in [1.54, 1.807) is 6.07 Å². The van der Waals surface area contributed by atoms with E-state index in [2.05, 4.69) is 61.8 Å². The molecule has 6 aliphatic rings. The van der Waals surface area contributed by atoms with Crippen molar-refractivity contribution < 1.29 is 41.8 Å². The number of hydrogen-bond donors (Lipinski definition) is 3. The number of carbonyl (C=O) groups is 1. The second-order valence-corrected chi connectivity index (χ2v) is 22.3. The van der Waals surface area contributed by atoms with Crippen LogP contribution in [-0.4, -0.2) is 124 Å². The molecule has 0 radical (unpaired) electrons. The molecule has 5 atom stereocenters. The normalized spacial score (nSPS) is 25.0. The van der Waals surface area contributed by atoms with Crippen LogP contribution < -0.4 is 29.3 Å². The number of para-hydroxylation sites is 1. The van der Waals surface area contributed by atoms with Crippen LogP contribution in [-0.2, 0) is 24.2 Å². The van der Waals surface area contributed by atoms with Crippen LogP contribution >= 0.6 is 0 Å². The van der Waals surface area contributed by atoms with Gasteiger partial charge in [-0.05, 0) is 125 Å². The van der Waals surface area contributed by atoms with E-state index in [4.69, 9.17) is 28.7 Å². The molecular weight excluding hydrogens is 941 g/mol. The van der Waals surface area contributed by atoms with Crippen molar-refractivity contribution in [1.82, 2.24) is 19.6 Å². The van der Waals surface area contributed by atoms with E-state index in [1.807, 2.05) is 36.5 Å². The van der Waals surface area contributed by atoms with Crippen LogP contribution in [0, 0.1) is 21.4 Å². The molecular formula is C53H64N8O10S. The zero-order chi connectivity index (χ0) is 49.6. The first-order chi connectivity index (χ1) is 34.9. The Kier molecular flexibility index (Phi) is 13.5. The molecule has 2 aromatic heterocycles. The molecule has 3 N–H and O–H groups in total. The number of aromatic nitrogens is 2. The van der Waals surface area contributed by atoms with Crippen LogP contribution in [0.4, 0.5) is 28.4 Å². The fourth-order valence-corrected chi connectivity index (χ4v) is 13.2. The van der Waals surface area contributed by atoms with Gasteiger partial charge in [-0.3, -0.25) is 19.8 Å². The minimum absolute atomic E-state index is 0.0523. The smallest absolute Gasteiger partial charge is 0.293 e. The van der Waals surface area contributed by atoms with Gasteiger partial charge in [0.15, 0.2) is 0 Å². The largest absolute Gasteiger partial charge is 0.491 e. The van der Waals surface area contributed by atoms with Crippen LogP contribution in [0.15, 0.2) is 83.9 Å². The number of ether oxygens (including phenoxy) is 5. The summed E-state index contributed by atoms with van der Waals surface area (Å²) in [6.45, 7) is 10.4. The lowest BCUT2D eigenvalue weighted by atomic mass is 9.78. The Morgan fingerprint density at radius 3 is 2.62 bits per heavy atom. The number of nitrogens with zero attached hydrogens (tertiary/aromatic N) is 5. The van der Waals surface area contributed by atoms with E-state index < -0.39 is 37.5 Å². The first-order valence-electron chi connectivity index (χ1n) is 25.6. The molecule has 3 aromatic carbocycles. The highest BCUT2D eigenvalue weighted by molar-refractivity contribution is 7.90. The van der Waals surface area contributed by atoms with Gasteiger partial charge in [0.2, 0.25) is 5.88 Å². The average molecular weight is 1010 g/mol. The summed E-state index contributed by atoms with van der Waals surface area (Å²) >= 11 is 0. The highest BCUT2D eigenvalue weighted by atomic mass is 32.2. The molecule has 1 saturated carbocycles. The molecule has 4 saturated heterocycles. The molecule has 7 heterocycles. The van der Waals surface area contributed by atoms with E-state index in [-0.39, 0.29) is 40.8 Å². The van der Waals surface area contributed by atoms with Crippen molar-refractivity contribution in [3.05, 3.63) is 100 Å². The first kappa shape index (κ1) is 48.3. The van der Waals surface area contributed by atoms with Gasteiger partial charge >= 0.3 is 0 Å².